The number of aromatic nitrogens is 2. The van der Waals surface area contributed by atoms with Crippen LogP contribution in [-0.2, 0) is 6.54 Å². The van der Waals surface area contributed by atoms with Crippen molar-refractivity contribution in [2.24, 2.45) is 11.8 Å². The molecular formula is C15H25N3. The molecule has 100 valence electrons. The minimum absolute atomic E-state index is 0.164. The first-order valence-corrected chi connectivity index (χ1v) is 7.30. The van der Waals surface area contributed by atoms with Crippen molar-refractivity contribution < 1.29 is 0 Å². The van der Waals surface area contributed by atoms with Gasteiger partial charge in [-0.2, -0.15) is 0 Å². The Bertz CT molecular complexity index is 416. The van der Waals surface area contributed by atoms with Crippen LogP contribution < -0.4 is 5.32 Å². The van der Waals surface area contributed by atoms with E-state index in [1.807, 2.05) is 6.20 Å². The highest BCUT2D eigenvalue weighted by Gasteiger charge is 2.41. The van der Waals surface area contributed by atoms with Crippen molar-refractivity contribution in [3.8, 4) is 0 Å². The molecule has 1 aromatic rings. The number of aromatic amines is 1. The molecule has 1 aromatic heterocycles. The zero-order chi connectivity index (χ0) is 12.8. The predicted octanol–water partition coefficient (Wildman–Crippen LogP) is 3.20. The van der Waals surface area contributed by atoms with Crippen molar-refractivity contribution in [2.45, 2.75) is 64.5 Å². The van der Waals surface area contributed by atoms with Gasteiger partial charge >= 0.3 is 0 Å². The molecule has 3 nitrogen and oxygen atoms in total. The van der Waals surface area contributed by atoms with Crippen molar-refractivity contribution in [2.75, 3.05) is 0 Å². The Morgan fingerprint density at radius 3 is 2.78 bits per heavy atom. The summed E-state index contributed by atoms with van der Waals surface area (Å²) in [5.74, 6) is 3.85. The van der Waals surface area contributed by atoms with Crippen LogP contribution in [-0.4, -0.2) is 15.5 Å². The summed E-state index contributed by atoms with van der Waals surface area (Å²) in [6, 6.07) is 0. The monoisotopic (exact) mass is 247 g/mol. The summed E-state index contributed by atoms with van der Waals surface area (Å²) in [6.07, 6.45) is 7.71. The molecule has 0 aromatic carbocycles. The molecule has 2 aliphatic carbocycles. The van der Waals surface area contributed by atoms with E-state index in [9.17, 15) is 0 Å². The fraction of sp³-hybridized carbons (Fsp3) is 0.800. The predicted molar refractivity (Wildman–Crippen MR) is 73.4 cm³/mol. The average molecular weight is 247 g/mol. The Hall–Kier alpha value is -0.830. The number of nitrogens with zero attached hydrogens (tertiary/aromatic N) is 1. The van der Waals surface area contributed by atoms with Gasteiger partial charge in [-0.25, -0.2) is 4.98 Å². The van der Waals surface area contributed by atoms with E-state index in [0.717, 1.165) is 18.4 Å². The van der Waals surface area contributed by atoms with Crippen LogP contribution >= 0.6 is 0 Å². The van der Waals surface area contributed by atoms with Gasteiger partial charge in [-0.05, 0) is 51.9 Å². The molecule has 2 fully saturated rings. The van der Waals surface area contributed by atoms with Gasteiger partial charge in [0.25, 0.3) is 0 Å². The highest BCUT2D eigenvalue weighted by atomic mass is 15.0. The fourth-order valence-electron chi connectivity index (χ4n) is 3.59. The van der Waals surface area contributed by atoms with Crippen LogP contribution in [0.15, 0.2) is 6.20 Å². The summed E-state index contributed by atoms with van der Waals surface area (Å²) in [7, 11) is 0. The van der Waals surface area contributed by atoms with Crippen LogP contribution in [0.2, 0.25) is 0 Å². The summed E-state index contributed by atoms with van der Waals surface area (Å²) in [4.78, 5) is 8.16. The van der Waals surface area contributed by atoms with Gasteiger partial charge in [-0.15, -0.1) is 0 Å². The molecule has 3 heteroatoms. The quantitative estimate of drug-likeness (QED) is 0.861. The second-order valence-electron chi connectivity index (χ2n) is 7.18. The molecule has 0 amide bonds. The standard InChI is InChI=1S/C15H25N3/c1-15(2,3)17-9-12-8-16-14(18-12)13-7-10-4-5-11(13)6-10/h8,10-11,13,17H,4-7,9H2,1-3H3,(H,16,18). The van der Waals surface area contributed by atoms with Crippen molar-refractivity contribution in [3.63, 3.8) is 0 Å². The summed E-state index contributed by atoms with van der Waals surface area (Å²) < 4.78 is 0. The first-order chi connectivity index (χ1) is 8.51. The lowest BCUT2D eigenvalue weighted by Gasteiger charge is -2.20. The molecule has 3 unspecified atom stereocenters. The highest BCUT2D eigenvalue weighted by Crippen LogP contribution is 2.52. The van der Waals surface area contributed by atoms with E-state index >= 15 is 0 Å². The minimum Gasteiger partial charge on any atom is -0.345 e. The summed E-state index contributed by atoms with van der Waals surface area (Å²) >= 11 is 0. The Labute approximate surface area is 110 Å². The zero-order valence-corrected chi connectivity index (χ0v) is 11.8. The maximum Gasteiger partial charge on any atom is 0.109 e. The molecule has 2 aliphatic rings. The number of rotatable bonds is 3. The third kappa shape index (κ3) is 2.46. The molecular weight excluding hydrogens is 222 g/mol. The zero-order valence-electron chi connectivity index (χ0n) is 11.8. The van der Waals surface area contributed by atoms with E-state index in [1.165, 1.54) is 37.2 Å². The fourth-order valence-corrected chi connectivity index (χ4v) is 3.59. The highest BCUT2D eigenvalue weighted by molar-refractivity contribution is 5.11. The Morgan fingerprint density at radius 1 is 1.33 bits per heavy atom. The van der Waals surface area contributed by atoms with Crippen LogP contribution in [0.5, 0.6) is 0 Å². The van der Waals surface area contributed by atoms with Gasteiger partial charge in [-0.1, -0.05) is 6.42 Å². The van der Waals surface area contributed by atoms with E-state index in [4.69, 9.17) is 0 Å². The summed E-state index contributed by atoms with van der Waals surface area (Å²) in [5, 5.41) is 3.50. The smallest absolute Gasteiger partial charge is 0.109 e. The lowest BCUT2D eigenvalue weighted by atomic mass is 9.88. The molecule has 0 radical (unpaired) electrons. The molecule has 0 saturated heterocycles. The molecule has 18 heavy (non-hydrogen) atoms. The van der Waals surface area contributed by atoms with Crippen molar-refractivity contribution in [3.05, 3.63) is 17.7 Å². The van der Waals surface area contributed by atoms with Crippen LogP contribution in [0.3, 0.4) is 0 Å². The number of hydrogen-bond acceptors (Lipinski definition) is 2. The molecule has 0 aliphatic heterocycles. The van der Waals surface area contributed by atoms with E-state index in [1.54, 1.807) is 0 Å². The molecule has 2 bridgehead atoms. The summed E-state index contributed by atoms with van der Waals surface area (Å²) in [6.45, 7) is 7.47. The largest absolute Gasteiger partial charge is 0.345 e. The SMILES string of the molecule is CC(C)(C)NCc1cnc(C2CC3CCC2C3)[nH]1. The van der Waals surface area contributed by atoms with Crippen LogP contribution in [0.25, 0.3) is 0 Å². The van der Waals surface area contributed by atoms with Crippen molar-refractivity contribution in [1.29, 1.82) is 0 Å². The topological polar surface area (TPSA) is 40.7 Å². The lowest BCUT2D eigenvalue weighted by molar-refractivity contribution is 0.404. The van der Waals surface area contributed by atoms with Crippen LogP contribution in [0.4, 0.5) is 0 Å². The molecule has 3 rings (SSSR count). The van der Waals surface area contributed by atoms with Crippen LogP contribution in [0.1, 0.15) is 63.9 Å². The number of H-pyrrole nitrogens is 1. The maximum absolute atomic E-state index is 4.62. The third-order valence-electron chi connectivity index (χ3n) is 4.55. The second kappa shape index (κ2) is 4.37. The van der Waals surface area contributed by atoms with Gasteiger partial charge < -0.3 is 10.3 Å². The van der Waals surface area contributed by atoms with Gasteiger partial charge in [0.1, 0.15) is 5.82 Å². The third-order valence-corrected chi connectivity index (χ3v) is 4.55. The minimum atomic E-state index is 0.164. The van der Waals surface area contributed by atoms with Crippen molar-refractivity contribution in [1.82, 2.24) is 15.3 Å². The van der Waals surface area contributed by atoms with Gasteiger partial charge in [0.2, 0.25) is 0 Å². The maximum atomic E-state index is 4.62. The van der Waals surface area contributed by atoms with E-state index in [2.05, 4.69) is 36.1 Å². The second-order valence-corrected chi connectivity index (χ2v) is 7.18. The van der Waals surface area contributed by atoms with Crippen molar-refractivity contribution >= 4 is 0 Å². The Balaban J connectivity index is 1.63. The molecule has 2 saturated carbocycles. The first-order valence-electron chi connectivity index (χ1n) is 7.30. The number of hydrogen-bond donors (Lipinski definition) is 2. The number of imidazole rings is 1. The molecule has 2 N–H and O–H groups in total. The Kier molecular flexibility index (Phi) is 2.97. The number of fused-ring (bicyclic) bond motifs is 2. The normalized spacial score (nSPS) is 31.2. The molecule has 0 spiro atoms. The van der Waals surface area contributed by atoms with Gasteiger partial charge in [0, 0.05) is 29.9 Å². The van der Waals surface area contributed by atoms with Gasteiger partial charge in [-0.3, -0.25) is 0 Å². The lowest BCUT2D eigenvalue weighted by Crippen LogP contribution is -2.35. The van der Waals surface area contributed by atoms with Gasteiger partial charge in [0.15, 0.2) is 0 Å². The van der Waals surface area contributed by atoms with Gasteiger partial charge in [0.05, 0.1) is 0 Å². The summed E-state index contributed by atoms with van der Waals surface area (Å²) in [5.41, 5.74) is 1.39. The first kappa shape index (κ1) is 12.2. The van der Waals surface area contributed by atoms with E-state index in [-0.39, 0.29) is 5.54 Å². The molecule has 1 heterocycles. The van der Waals surface area contributed by atoms with E-state index in [0.29, 0.717) is 5.92 Å². The average Bonchev–Trinajstić information content (AvgIpc) is 3.01. The Morgan fingerprint density at radius 2 is 2.17 bits per heavy atom. The van der Waals surface area contributed by atoms with E-state index < -0.39 is 0 Å². The number of nitrogens with one attached hydrogen (secondary N) is 2. The molecule has 3 atom stereocenters. The van der Waals surface area contributed by atoms with Crippen LogP contribution in [0, 0.1) is 11.8 Å².